The summed E-state index contributed by atoms with van der Waals surface area (Å²) in [4.78, 5) is 106. The first-order valence-corrected chi connectivity index (χ1v) is 26.0. The summed E-state index contributed by atoms with van der Waals surface area (Å²) < 4.78 is 71.3. The van der Waals surface area contributed by atoms with Crippen molar-refractivity contribution in [1.82, 2.24) is 0 Å². The molecular formula is C50H50O20S4. The van der Waals surface area contributed by atoms with Crippen LogP contribution in [-0.4, -0.2) is 122 Å². The zero-order valence-corrected chi connectivity index (χ0v) is 44.2. The smallest absolute Gasteiger partial charge is 0.303 e. The molecule has 6 heterocycles. The predicted molar refractivity (Wildman–Crippen MR) is 265 cm³/mol. The van der Waals surface area contributed by atoms with E-state index in [1.165, 1.54) is 45.3 Å². The van der Waals surface area contributed by atoms with Gasteiger partial charge in [0.05, 0.1) is 0 Å². The molecule has 4 aromatic heterocycles. The molecule has 0 N–H and O–H groups in total. The zero-order valence-electron chi connectivity index (χ0n) is 40.9. The quantitative estimate of drug-likeness (QED) is 0.0608. The van der Waals surface area contributed by atoms with Crippen LogP contribution in [0.15, 0.2) is 71.4 Å². The highest BCUT2D eigenvalue weighted by Crippen LogP contribution is 2.49. The van der Waals surface area contributed by atoms with Gasteiger partial charge in [0.15, 0.2) is 24.4 Å². The molecule has 0 radical (unpaired) electrons. The second kappa shape index (κ2) is 24.6. The second-order valence-corrected chi connectivity index (χ2v) is 20.6. The third kappa shape index (κ3) is 13.9. The van der Waals surface area contributed by atoms with Gasteiger partial charge in [0.2, 0.25) is 24.8 Å². The number of hydrogen-bond donors (Lipinski definition) is 0. The van der Waals surface area contributed by atoms with Crippen molar-refractivity contribution in [3.8, 4) is 51.9 Å². The lowest BCUT2D eigenvalue weighted by atomic mass is 9.97. The number of esters is 8. The fraction of sp³-hybridized carbons (Fsp3) is 0.400. The van der Waals surface area contributed by atoms with Crippen LogP contribution >= 0.6 is 45.3 Å². The van der Waals surface area contributed by atoms with Crippen molar-refractivity contribution in [1.29, 1.82) is 0 Å². The number of carbonyl (C=O) groups excluding carboxylic acids is 8. The highest BCUT2D eigenvalue weighted by atomic mass is 32.1. The molecule has 20 nitrogen and oxygen atoms in total. The van der Waals surface area contributed by atoms with E-state index in [1.807, 2.05) is 59.3 Å². The van der Waals surface area contributed by atoms with E-state index in [0.29, 0.717) is 20.9 Å². The summed E-state index contributed by atoms with van der Waals surface area (Å²) in [6.45, 7) is 7.90. The lowest BCUT2D eigenvalue weighted by Crippen LogP contribution is -2.63. The molecular weight excluding hydrogens is 1050 g/mol. The summed E-state index contributed by atoms with van der Waals surface area (Å²) in [7, 11) is 0. The van der Waals surface area contributed by atoms with Crippen molar-refractivity contribution >= 4 is 93.1 Å². The van der Waals surface area contributed by atoms with Gasteiger partial charge in [-0.15, -0.1) is 45.3 Å². The molecule has 2 aliphatic rings. The van der Waals surface area contributed by atoms with E-state index < -0.39 is 122 Å². The number of ether oxygens (including phenoxy) is 12. The van der Waals surface area contributed by atoms with E-state index in [-0.39, 0.29) is 11.5 Å². The van der Waals surface area contributed by atoms with Gasteiger partial charge in [0, 0.05) is 95.8 Å². The van der Waals surface area contributed by atoms with Gasteiger partial charge in [-0.2, -0.15) is 0 Å². The maximum Gasteiger partial charge on any atom is 0.303 e. The molecule has 74 heavy (non-hydrogen) atoms. The summed E-state index contributed by atoms with van der Waals surface area (Å²) >= 11 is 5.73. The van der Waals surface area contributed by atoms with Crippen molar-refractivity contribution in [2.75, 3.05) is 13.2 Å². The molecule has 0 spiro atoms. The number of thiophene rings is 4. The van der Waals surface area contributed by atoms with Gasteiger partial charge in [0.25, 0.3) is 0 Å². The van der Waals surface area contributed by atoms with Crippen molar-refractivity contribution in [2.45, 2.75) is 117 Å². The van der Waals surface area contributed by atoms with Crippen molar-refractivity contribution in [3.05, 3.63) is 71.4 Å². The average molecular weight is 1100 g/mol. The SMILES string of the molecule is CC(=O)OC[C@H]1O[C@@H](Oc2cc(-c3ccc(-c4cccs4)s3)c(O[C@@H]3O[C@H](COC(C)=O)[C@@H](OC(C)=O)[C@H](OC(C)=O)[C@H]3OC(C)=O)cc2-c2ccc(-c3cccs3)s2)[C@H](OC(C)=O)[C@@H](OC(C)=O)[C@@H]1OC(C)=O. The fourth-order valence-electron chi connectivity index (χ4n) is 8.03. The highest BCUT2D eigenvalue weighted by Gasteiger charge is 2.55. The van der Waals surface area contributed by atoms with Crippen LogP contribution in [0, 0.1) is 0 Å². The van der Waals surface area contributed by atoms with Gasteiger partial charge in [0.1, 0.15) is 36.9 Å². The summed E-state index contributed by atoms with van der Waals surface area (Å²) in [6, 6.07) is 18.3. The molecule has 394 valence electrons. The van der Waals surface area contributed by atoms with Crippen LogP contribution in [-0.2, 0) is 85.7 Å². The number of benzene rings is 1. The van der Waals surface area contributed by atoms with E-state index in [2.05, 4.69) is 0 Å². The molecule has 0 bridgehead atoms. The third-order valence-electron chi connectivity index (χ3n) is 10.7. The third-order valence-corrected chi connectivity index (χ3v) is 15.1. The first-order valence-electron chi connectivity index (χ1n) is 22.6. The molecule has 7 rings (SSSR count). The molecule has 24 heteroatoms. The first-order chi connectivity index (χ1) is 35.2. The fourth-order valence-corrected chi connectivity index (χ4v) is 11.7. The molecule has 0 unspecified atom stereocenters. The Labute approximate surface area is 439 Å². The van der Waals surface area contributed by atoms with Crippen LogP contribution in [0.4, 0.5) is 0 Å². The lowest BCUT2D eigenvalue weighted by molar-refractivity contribution is -0.288. The molecule has 0 saturated carbocycles. The summed E-state index contributed by atoms with van der Waals surface area (Å²) in [5, 5.41) is 3.85. The molecule has 5 aromatic rings. The van der Waals surface area contributed by atoms with Gasteiger partial charge in [-0.3, -0.25) is 38.4 Å². The van der Waals surface area contributed by atoms with E-state index in [4.69, 9.17) is 56.8 Å². The Balaban J connectivity index is 1.45. The largest absolute Gasteiger partial charge is 0.463 e. The number of hydrogen-bond acceptors (Lipinski definition) is 24. The van der Waals surface area contributed by atoms with E-state index in [9.17, 15) is 38.4 Å². The Kier molecular flexibility index (Phi) is 18.3. The van der Waals surface area contributed by atoms with E-state index in [0.717, 1.165) is 74.9 Å². The van der Waals surface area contributed by atoms with Crippen LogP contribution < -0.4 is 9.47 Å². The monoisotopic (exact) mass is 1100 g/mol. The van der Waals surface area contributed by atoms with Crippen LogP contribution in [0.5, 0.6) is 11.5 Å². The predicted octanol–water partition coefficient (Wildman–Crippen LogP) is 7.52. The zero-order chi connectivity index (χ0) is 53.4. The molecule has 2 saturated heterocycles. The Bertz CT molecular complexity index is 2640. The Morgan fingerprint density at radius 2 is 0.730 bits per heavy atom. The molecule has 1 aromatic carbocycles. The van der Waals surface area contributed by atoms with Crippen LogP contribution in [0.2, 0.25) is 0 Å². The minimum absolute atomic E-state index is 0.0699. The Hall–Kier alpha value is -6.70. The minimum atomic E-state index is -1.67. The highest BCUT2D eigenvalue weighted by molar-refractivity contribution is 7.24. The lowest BCUT2D eigenvalue weighted by Gasteiger charge is -2.44. The average Bonchev–Trinajstić information content (AvgIpc) is 4.17. The molecule has 2 fully saturated rings. The van der Waals surface area contributed by atoms with Gasteiger partial charge in [-0.05, 0) is 59.3 Å². The van der Waals surface area contributed by atoms with Crippen LogP contribution in [0.25, 0.3) is 40.4 Å². The van der Waals surface area contributed by atoms with Gasteiger partial charge in [-0.25, -0.2) is 0 Å². The Morgan fingerprint density at radius 3 is 1.04 bits per heavy atom. The number of carbonyl (C=O) groups is 8. The van der Waals surface area contributed by atoms with E-state index >= 15 is 0 Å². The van der Waals surface area contributed by atoms with Gasteiger partial charge >= 0.3 is 47.8 Å². The maximum absolute atomic E-state index is 12.9. The molecule has 0 amide bonds. The summed E-state index contributed by atoms with van der Waals surface area (Å²) in [5.41, 5.74) is 0.648. The van der Waals surface area contributed by atoms with Gasteiger partial charge < -0.3 is 56.8 Å². The maximum atomic E-state index is 12.9. The van der Waals surface area contributed by atoms with Crippen LogP contribution in [0.3, 0.4) is 0 Å². The molecule has 2 aliphatic heterocycles. The summed E-state index contributed by atoms with van der Waals surface area (Å²) in [6.07, 6.45) is -15.3. The summed E-state index contributed by atoms with van der Waals surface area (Å²) in [5.74, 6) is -6.31. The molecule has 0 aliphatic carbocycles. The van der Waals surface area contributed by atoms with E-state index in [1.54, 1.807) is 12.1 Å². The normalized spacial score (nSPS) is 23.3. The molecule has 10 atom stereocenters. The second-order valence-electron chi connectivity index (χ2n) is 16.5. The van der Waals surface area contributed by atoms with Crippen molar-refractivity contribution in [3.63, 3.8) is 0 Å². The minimum Gasteiger partial charge on any atom is -0.463 e. The standard InChI is InChI=1S/C50H50O20S4/c1-23(51)59-21-35-43(61-25(3)53)45(63-27(5)55)47(65-29(7)57)49(69-35)67-33-19-32(38-14-16-42(74-38)40-12-10-18-72-40)34(20-31(33)37-13-15-41(73-37)39-11-9-17-71-39)68-50-48(66-30(8)58)46(64-28(6)56)44(62-26(4)54)36(70-50)22-60-24(2)52/h9-20,35-36,43-50H,21-22H2,1-8H3/t35-,36-,43-,44-,45+,46+,47-,48-,49-,50-/m1/s1. The van der Waals surface area contributed by atoms with Crippen molar-refractivity contribution < 1.29 is 95.2 Å². The van der Waals surface area contributed by atoms with Crippen molar-refractivity contribution in [2.24, 2.45) is 0 Å². The van der Waals surface area contributed by atoms with Gasteiger partial charge in [-0.1, -0.05) is 12.1 Å². The number of rotatable bonds is 18. The first kappa shape index (κ1) is 55.1. The Morgan fingerprint density at radius 1 is 0.405 bits per heavy atom. The van der Waals surface area contributed by atoms with Crippen LogP contribution in [0.1, 0.15) is 55.4 Å². The topological polar surface area (TPSA) is 247 Å².